The van der Waals surface area contributed by atoms with Crippen molar-refractivity contribution in [2.45, 2.75) is 39.0 Å². The Labute approximate surface area is 181 Å². The van der Waals surface area contributed by atoms with Crippen molar-refractivity contribution < 1.29 is 0 Å². The maximum Gasteiger partial charge on any atom is 0.180 e. The number of H-pyrrole nitrogens is 1. The van der Waals surface area contributed by atoms with E-state index in [9.17, 15) is 0 Å². The molecule has 30 heavy (non-hydrogen) atoms. The van der Waals surface area contributed by atoms with Crippen LogP contribution in [-0.4, -0.2) is 35.4 Å². The monoisotopic (exact) mass is 419 g/mol. The first kappa shape index (κ1) is 20.3. The second-order valence-electron chi connectivity index (χ2n) is 7.68. The number of aromatic nitrogens is 7. The molecule has 0 radical (unpaired) electrons. The predicted octanol–water partition coefficient (Wildman–Crippen LogP) is 4.19. The van der Waals surface area contributed by atoms with Gasteiger partial charge in [-0.3, -0.25) is 0 Å². The maximum atomic E-state index is 4.66. The fourth-order valence-electron chi connectivity index (χ4n) is 3.40. The van der Waals surface area contributed by atoms with Gasteiger partial charge in [-0.1, -0.05) is 62.4 Å². The molecular weight excluding hydrogens is 394 g/mol. The molecule has 4 aromatic rings. The van der Waals surface area contributed by atoms with Gasteiger partial charge in [-0.05, 0) is 39.5 Å². The minimum Gasteiger partial charge on any atom is -0.245 e. The third-order valence-electron chi connectivity index (χ3n) is 5.00. The second kappa shape index (κ2) is 9.21. The van der Waals surface area contributed by atoms with Crippen LogP contribution in [0.3, 0.4) is 0 Å². The van der Waals surface area contributed by atoms with Gasteiger partial charge in [0.05, 0.1) is 12.3 Å². The van der Waals surface area contributed by atoms with Crippen LogP contribution in [0, 0.1) is 5.92 Å². The first-order chi connectivity index (χ1) is 14.6. The number of benzene rings is 2. The molecule has 0 amide bonds. The summed E-state index contributed by atoms with van der Waals surface area (Å²) in [6, 6.07) is 16.6. The van der Waals surface area contributed by atoms with E-state index in [-0.39, 0.29) is 0 Å². The van der Waals surface area contributed by atoms with Crippen molar-refractivity contribution in [2.24, 2.45) is 5.92 Å². The zero-order chi connectivity index (χ0) is 20.9. The van der Waals surface area contributed by atoms with Gasteiger partial charge in [0.2, 0.25) is 0 Å². The number of nitrogens with zero attached hydrogens (tertiary/aromatic N) is 6. The van der Waals surface area contributed by atoms with E-state index in [1.807, 2.05) is 22.9 Å². The van der Waals surface area contributed by atoms with Crippen LogP contribution in [0.15, 0.2) is 48.5 Å². The molecule has 154 valence electrons. The topological polar surface area (TPSA) is 85.2 Å². The molecule has 0 atom stereocenters. The van der Waals surface area contributed by atoms with Gasteiger partial charge in [-0.15, -0.1) is 5.10 Å². The van der Waals surface area contributed by atoms with Gasteiger partial charge >= 0.3 is 0 Å². The van der Waals surface area contributed by atoms with E-state index in [2.05, 4.69) is 87.5 Å². The predicted molar refractivity (Wildman–Crippen MR) is 120 cm³/mol. The molecule has 0 saturated heterocycles. The second-order valence-corrected chi connectivity index (χ2v) is 8.00. The van der Waals surface area contributed by atoms with Crippen LogP contribution < -0.4 is 0 Å². The zero-order valence-corrected chi connectivity index (χ0v) is 18.0. The van der Waals surface area contributed by atoms with E-state index in [0.29, 0.717) is 24.0 Å². The highest BCUT2D eigenvalue weighted by Crippen LogP contribution is 2.29. The van der Waals surface area contributed by atoms with Gasteiger partial charge in [0.25, 0.3) is 0 Å². The molecule has 0 spiro atoms. The molecule has 2 aromatic carbocycles. The number of thiol groups is 1. The molecule has 0 saturated carbocycles. The molecule has 4 rings (SSSR count). The molecule has 0 fully saturated rings. The molecular formula is C22H25N7S. The number of aromatic amines is 1. The van der Waals surface area contributed by atoms with Crippen molar-refractivity contribution in [3.8, 4) is 22.5 Å². The van der Waals surface area contributed by atoms with Crippen LogP contribution >= 0.6 is 12.6 Å². The summed E-state index contributed by atoms with van der Waals surface area (Å²) in [5.41, 5.74) is 4.35. The summed E-state index contributed by atoms with van der Waals surface area (Å²) < 4.78 is 2.01. The largest absolute Gasteiger partial charge is 0.245 e. The van der Waals surface area contributed by atoms with Gasteiger partial charge in [0, 0.05) is 12.0 Å². The minimum atomic E-state index is 0.549. The number of hydrogen-bond acceptors (Lipinski definition) is 6. The number of hydrogen-bond donors (Lipinski definition) is 2. The van der Waals surface area contributed by atoms with E-state index in [1.54, 1.807) is 0 Å². The Kier molecular flexibility index (Phi) is 6.23. The average Bonchev–Trinajstić information content (AvgIpc) is 3.43. The van der Waals surface area contributed by atoms with Crippen LogP contribution in [0.1, 0.15) is 37.5 Å². The molecule has 0 aliphatic heterocycles. The zero-order valence-electron chi connectivity index (χ0n) is 17.2. The van der Waals surface area contributed by atoms with Crippen molar-refractivity contribution in [3.63, 3.8) is 0 Å². The Morgan fingerprint density at radius 3 is 2.47 bits per heavy atom. The highest BCUT2D eigenvalue weighted by Gasteiger charge is 2.12. The van der Waals surface area contributed by atoms with Crippen LogP contribution in [0.5, 0.6) is 0 Å². The highest BCUT2D eigenvalue weighted by atomic mass is 32.1. The number of tetrazole rings is 1. The molecule has 2 heterocycles. The quantitative estimate of drug-likeness (QED) is 0.418. The summed E-state index contributed by atoms with van der Waals surface area (Å²) in [5.74, 6) is 3.65. The van der Waals surface area contributed by atoms with E-state index >= 15 is 0 Å². The van der Waals surface area contributed by atoms with Gasteiger partial charge < -0.3 is 0 Å². The highest BCUT2D eigenvalue weighted by molar-refractivity contribution is 7.79. The van der Waals surface area contributed by atoms with E-state index < -0.39 is 0 Å². The first-order valence-electron chi connectivity index (χ1n) is 10.1. The minimum absolute atomic E-state index is 0.549. The molecule has 7 nitrogen and oxygen atoms in total. The molecule has 0 aliphatic rings. The van der Waals surface area contributed by atoms with Crippen molar-refractivity contribution in [1.29, 1.82) is 0 Å². The standard InChI is InChI=1S/C22H25N7S/c1-15(2)7-12-21-23-20(14-30)26-29(21)13-16-8-10-17(11-9-16)18-5-3-4-6-19(18)22-24-27-28-25-22/h3-6,8-11,15,30H,7,12-14H2,1-2H3,(H,24,25,27,28). The summed E-state index contributed by atoms with van der Waals surface area (Å²) >= 11 is 4.34. The summed E-state index contributed by atoms with van der Waals surface area (Å²) in [5, 5.41) is 18.9. The van der Waals surface area contributed by atoms with Gasteiger partial charge in [0.15, 0.2) is 11.6 Å². The molecule has 1 N–H and O–H groups in total. The lowest BCUT2D eigenvalue weighted by molar-refractivity contribution is 0.547. The van der Waals surface area contributed by atoms with Crippen molar-refractivity contribution in [1.82, 2.24) is 35.4 Å². The molecule has 2 aromatic heterocycles. The molecule has 0 unspecified atom stereocenters. The van der Waals surface area contributed by atoms with Crippen LogP contribution in [0.2, 0.25) is 0 Å². The van der Waals surface area contributed by atoms with E-state index in [1.165, 1.54) is 5.56 Å². The third kappa shape index (κ3) is 4.59. The lowest BCUT2D eigenvalue weighted by atomic mass is 9.98. The van der Waals surface area contributed by atoms with Crippen molar-refractivity contribution in [3.05, 3.63) is 65.7 Å². The maximum absolute atomic E-state index is 4.66. The van der Waals surface area contributed by atoms with Crippen LogP contribution in [-0.2, 0) is 18.7 Å². The molecule has 0 bridgehead atoms. The fraction of sp³-hybridized carbons (Fsp3) is 0.318. The van der Waals surface area contributed by atoms with Crippen molar-refractivity contribution in [2.75, 3.05) is 0 Å². The summed E-state index contributed by atoms with van der Waals surface area (Å²) in [6.07, 6.45) is 2.02. The Morgan fingerprint density at radius 2 is 1.80 bits per heavy atom. The Balaban J connectivity index is 1.57. The van der Waals surface area contributed by atoms with Crippen LogP contribution in [0.4, 0.5) is 0 Å². The normalized spacial score (nSPS) is 11.3. The summed E-state index contributed by atoms with van der Waals surface area (Å²) in [4.78, 5) is 4.66. The third-order valence-corrected chi connectivity index (χ3v) is 5.29. The van der Waals surface area contributed by atoms with Crippen LogP contribution in [0.25, 0.3) is 22.5 Å². The number of aryl methyl sites for hydroxylation is 1. The SMILES string of the molecule is CC(C)CCc1nc(CS)nn1Cc1ccc(-c2ccccc2-c2nnn[nH]2)cc1. The van der Waals surface area contributed by atoms with Gasteiger partial charge in [-0.2, -0.15) is 17.7 Å². The fourth-order valence-corrected chi connectivity index (χ4v) is 3.53. The summed E-state index contributed by atoms with van der Waals surface area (Å²) in [6.45, 7) is 5.15. The van der Waals surface area contributed by atoms with E-state index in [4.69, 9.17) is 0 Å². The summed E-state index contributed by atoms with van der Waals surface area (Å²) in [7, 11) is 0. The van der Waals surface area contributed by atoms with Crippen molar-refractivity contribution >= 4 is 12.6 Å². The molecule has 0 aliphatic carbocycles. The average molecular weight is 420 g/mol. The van der Waals surface area contributed by atoms with Gasteiger partial charge in [-0.25, -0.2) is 14.8 Å². The number of nitrogens with one attached hydrogen (secondary N) is 1. The van der Waals surface area contributed by atoms with Gasteiger partial charge in [0.1, 0.15) is 5.82 Å². The Morgan fingerprint density at radius 1 is 1.03 bits per heavy atom. The Bertz CT molecular complexity index is 1090. The smallest absolute Gasteiger partial charge is 0.180 e. The first-order valence-corrected chi connectivity index (χ1v) is 10.7. The lowest BCUT2D eigenvalue weighted by Crippen LogP contribution is -2.08. The lowest BCUT2D eigenvalue weighted by Gasteiger charge is -2.10. The molecule has 8 heteroatoms. The number of rotatable bonds is 8. The Hall–Kier alpha value is -3.00. The van der Waals surface area contributed by atoms with E-state index in [0.717, 1.165) is 41.2 Å².